The Labute approximate surface area is 101 Å². The summed E-state index contributed by atoms with van der Waals surface area (Å²) >= 11 is 0. The van der Waals surface area contributed by atoms with Crippen LogP contribution in [0.5, 0.6) is 11.5 Å². The third-order valence-electron chi connectivity index (χ3n) is 2.16. The van der Waals surface area contributed by atoms with Gasteiger partial charge in [-0.1, -0.05) is 18.2 Å². The van der Waals surface area contributed by atoms with E-state index in [1.165, 1.54) is 0 Å². The first-order chi connectivity index (χ1) is 8.19. The van der Waals surface area contributed by atoms with Crippen molar-refractivity contribution in [2.45, 2.75) is 13.0 Å². The molecule has 0 fully saturated rings. The third-order valence-corrected chi connectivity index (χ3v) is 2.16. The molecule has 0 saturated carbocycles. The number of carbonyl (C=O) groups excluding carboxylic acids is 1. The molecule has 92 valence electrons. The SMILES string of the molecule is C=CCNC(=O)C(C)Oc1ccccc1OC. The number of benzene rings is 1. The maximum atomic E-state index is 11.6. The quantitative estimate of drug-likeness (QED) is 0.764. The monoisotopic (exact) mass is 235 g/mol. The number of carbonyl (C=O) groups is 1. The first kappa shape index (κ1) is 13.1. The van der Waals surface area contributed by atoms with E-state index in [0.717, 1.165) is 0 Å². The summed E-state index contributed by atoms with van der Waals surface area (Å²) in [5.74, 6) is 0.975. The van der Waals surface area contributed by atoms with Gasteiger partial charge in [-0.15, -0.1) is 6.58 Å². The van der Waals surface area contributed by atoms with Crippen molar-refractivity contribution >= 4 is 5.91 Å². The smallest absolute Gasteiger partial charge is 0.261 e. The summed E-state index contributed by atoms with van der Waals surface area (Å²) in [6.45, 7) is 5.64. The fraction of sp³-hybridized carbons (Fsp3) is 0.308. The minimum atomic E-state index is -0.578. The Kier molecular flexibility index (Phi) is 5.07. The molecule has 1 atom stereocenters. The maximum Gasteiger partial charge on any atom is 0.261 e. The highest BCUT2D eigenvalue weighted by molar-refractivity contribution is 5.80. The zero-order valence-corrected chi connectivity index (χ0v) is 10.1. The number of para-hydroxylation sites is 2. The molecule has 0 bridgehead atoms. The highest BCUT2D eigenvalue weighted by Crippen LogP contribution is 2.26. The Bertz CT molecular complexity index is 390. The summed E-state index contributed by atoms with van der Waals surface area (Å²) in [5.41, 5.74) is 0. The van der Waals surface area contributed by atoms with Gasteiger partial charge in [0.15, 0.2) is 17.6 Å². The first-order valence-corrected chi connectivity index (χ1v) is 5.37. The predicted octanol–water partition coefficient (Wildman–Crippen LogP) is 1.76. The van der Waals surface area contributed by atoms with Gasteiger partial charge in [-0.25, -0.2) is 0 Å². The van der Waals surface area contributed by atoms with Gasteiger partial charge >= 0.3 is 0 Å². The van der Waals surface area contributed by atoms with Crippen LogP contribution in [0.15, 0.2) is 36.9 Å². The van der Waals surface area contributed by atoms with Crippen LogP contribution in [0.3, 0.4) is 0 Å². The van der Waals surface area contributed by atoms with E-state index in [0.29, 0.717) is 18.0 Å². The van der Waals surface area contributed by atoms with Gasteiger partial charge in [0.2, 0.25) is 0 Å². The molecule has 0 aliphatic heterocycles. The van der Waals surface area contributed by atoms with Crippen molar-refractivity contribution in [3.05, 3.63) is 36.9 Å². The molecule has 1 amide bonds. The summed E-state index contributed by atoms with van der Waals surface area (Å²) < 4.78 is 10.7. The predicted molar refractivity (Wildman–Crippen MR) is 66.3 cm³/mol. The molecule has 1 N–H and O–H groups in total. The Hall–Kier alpha value is -1.97. The first-order valence-electron chi connectivity index (χ1n) is 5.37. The average molecular weight is 235 g/mol. The topological polar surface area (TPSA) is 47.6 Å². The second kappa shape index (κ2) is 6.58. The molecule has 0 saturated heterocycles. The summed E-state index contributed by atoms with van der Waals surface area (Å²) in [6, 6.07) is 7.21. The largest absolute Gasteiger partial charge is 0.493 e. The molecule has 1 aromatic rings. The van der Waals surface area contributed by atoms with Gasteiger partial charge in [0.25, 0.3) is 5.91 Å². The maximum absolute atomic E-state index is 11.6. The molecule has 0 aromatic heterocycles. The van der Waals surface area contributed by atoms with E-state index in [1.807, 2.05) is 12.1 Å². The van der Waals surface area contributed by atoms with Crippen molar-refractivity contribution in [3.8, 4) is 11.5 Å². The van der Waals surface area contributed by atoms with Gasteiger partial charge in [-0.05, 0) is 19.1 Å². The molecule has 4 heteroatoms. The molecule has 0 aliphatic carbocycles. The zero-order valence-electron chi connectivity index (χ0n) is 10.1. The van der Waals surface area contributed by atoms with Crippen LogP contribution in [-0.4, -0.2) is 25.7 Å². The lowest BCUT2D eigenvalue weighted by Crippen LogP contribution is -2.36. The van der Waals surface area contributed by atoms with Crippen LogP contribution in [0, 0.1) is 0 Å². The van der Waals surface area contributed by atoms with Crippen molar-refractivity contribution in [1.29, 1.82) is 0 Å². The van der Waals surface area contributed by atoms with Gasteiger partial charge in [-0.3, -0.25) is 4.79 Å². The van der Waals surface area contributed by atoms with Crippen LogP contribution in [-0.2, 0) is 4.79 Å². The Morgan fingerprint density at radius 2 is 2.12 bits per heavy atom. The number of nitrogens with one attached hydrogen (secondary N) is 1. The normalized spacial score (nSPS) is 11.4. The Morgan fingerprint density at radius 1 is 1.47 bits per heavy atom. The number of methoxy groups -OCH3 is 1. The van der Waals surface area contributed by atoms with Crippen LogP contribution in [0.25, 0.3) is 0 Å². The van der Waals surface area contributed by atoms with E-state index < -0.39 is 6.10 Å². The lowest BCUT2D eigenvalue weighted by atomic mass is 10.3. The van der Waals surface area contributed by atoms with E-state index in [2.05, 4.69) is 11.9 Å². The van der Waals surface area contributed by atoms with E-state index in [-0.39, 0.29) is 5.91 Å². The fourth-order valence-corrected chi connectivity index (χ4v) is 1.28. The second-order valence-electron chi connectivity index (χ2n) is 3.44. The number of hydrogen-bond acceptors (Lipinski definition) is 3. The van der Waals surface area contributed by atoms with Gasteiger partial charge in [-0.2, -0.15) is 0 Å². The van der Waals surface area contributed by atoms with Gasteiger partial charge in [0.1, 0.15) is 0 Å². The minimum Gasteiger partial charge on any atom is -0.493 e. The van der Waals surface area contributed by atoms with Crippen LogP contribution >= 0.6 is 0 Å². The summed E-state index contributed by atoms with van der Waals surface area (Å²) in [7, 11) is 1.56. The van der Waals surface area contributed by atoms with Gasteiger partial charge < -0.3 is 14.8 Å². The van der Waals surface area contributed by atoms with Crippen LogP contribution in [0.2, 0.25) is 0 Å². The fourth-order valence-electron chi connectivity index (χ4n) is 1.28. The van der Waals surface area contributed by atoms with E-state index in [1.54, 1.807) is 32.2 Å². The van der Waals surface area contributed by atoms with Gasteiger partial charge in [0, 0.05) is 6.54 Å². The lowest BCUT2D eigenvalue weighted by molar-refractivity contribution is -0.127. The standard InChI is InChI=1S/C13H17NO3/c1-4-9-14-13(15)10(2)17-12-8-6-5-7-11(12)16-3/h4-8,10H,1,9H2,2-3H3,(H,14,15). The lowest BCUT2D eigenvalue weighted by Gasteiger charge is -2.16. The van der Waals surface area contributed by atoms with E-state index in [4.69, 9.17) is 9.47 Å². The zero-order chi connectivity index (χ0) is 12.7. The molecule has 0 aliphatic rings. The number of hydrogen-bond donors (Lipinski definition) is 1. The molecular weight excluding hydrogens is 218 g/mol. The minimum absolute atomic E-state index is 0.184. The molecule has 17 heavy (non-hydrogen) atoms. The Morgan fingerprint density at radius 3 is 2.71 bits per heavy atom. The molecule has 1 aromatic carbocycles. The molecule has 0 heterocycles. The summed E-state index contributed by atoms with van der Waals surface area (Å²) in [5, 5.41) is 2.67. The molecule has 4 nitrogen and oxygen atoms in total. The van der Waals surface area contributed by atoms with Crippen LogP contribution < -0.4 is 14.8 Å². The van der Waals surface area contributed by atoms with Crippen molar-refractivity contribution < 1.29 is 14.3 Å². The van der Waals surface area contributed by atoms with E-state index in [9.17, 15) is 4.79 Å². The molecule has 1 rings (SSSR count). The number of amides is 1. The highest BCUT2D eigenvalue weighted by Gasteiger charge is 2.15. The second-order valence-corrected chi connectivity index (χ2v) is 3.44. The Balaban J connectivity index is 2.63. The van der Waals surface area contributed by atoms with Crippen LogP contribution in [0.4, 0.5) is 0 Å². The van der Waals surface area contributed by atoms with Crippen molar-refractivity contribution in [2.75, 3.05) is 13.7 Å². The molecule has 0 radical (unpaired) electrons. The van der Waals surface area contributed by atoms with Crippen molar-refractivity contribution in [3.63, 3.8) is 0 Å². The van der Waals surface area contributed by atoms with Crippen molar-refractivity contribution in [2.24, 2.45) is 0 Å². The number of rotatable bonds is 6. The van der Waals surface area contributed by atoms with E-state index >= 15 is 0 Å². The van der Waals surface area contributed by atoms with Crippen LogP contribution in [0.1, 0.15) is 6.92 Å². The summed E-state index contributed by atoms with van der Waals surface area (Å²) in [6.07, 6.45) is 1.04. The third kappa shape index (κ3) is 3.83. The highest BCUT2D eigenvalue weighted by atomic mass is 16.5. The molecular formula is C13H17NO3. The van der Waals surface area contributed by atoms with Crippen molar-refractivity contribution in [1.82, 2.24) is 5.32 Å². The summed E-state index contributed by atoms with van der Waals surface area (Å²) in [4.78, 5) is 11.6. The number of ether oxygens (including phenoxy) is 2. The average Bonchev–Trinajstić information content (AvgIpc) is 2.36. The molecule has 1 unspecified atom stereocenters. The van der Waals surface area contributed by atoms with Gasteiger partial charge in [0.05, 0.1) is 7.11 Å². The molecule has 0 spiro atoms.